The Bertz CT molecular complexity index is 185. The van der Waals surface area contributed by atoms with Crippen LogP contribution < -0.4 is 11.1 Å². The molecule has 1 aliphatic heterocycles. The van der Waals surface area contributed by atoms with Crippen molar-refractivity contribution in [1.82, 2.24) is 10.2 Å². The first-order valence-electron chi connectivity index (χ1n) is 6.42. The molecule has 3 N–H and O–H groups in total. The first kappa shape index (κ1) is 14.3. The number of likely N-dealkylation sites (tertiary alicyclic amines) is 1. The minimum Gasteiger partial charge on any atom is -0.329 e. The summed E-state index contributed by atoms with van der Waals surface area (Å²) in [6.07, 6.45) is 4.08. The van der Waals surface area contributed by atoms with Gasteiger partial charge in [0, 0.05) is 30.4 Å². The van der Waals surface area contributed by atoms with Crippen LogP contribution in [0.4, 0.5) is 0 Å². The molecular formula is C12H27N3S. The van der Waals surface area contributed by atoms with Crippen molar-refractivity contribution in [2.75, 3.05) is 32.7 Å². The van der Waals surface area contributed by atoms with E-state index >= 15 is 0 Å². The molecule has 0 spiro atoms. The van der Waals surface area contributed by atoms with Gasteiger partial charge in [0.2, 0.25) is 0 Å². The van der Waals surface area contributed by atoms with E-state index in [1.54, 1.807) is 0 Å². The van der Waals surface area contributed by atoms with Crippen LogP contribution in [0.25, 0.3) is 0 Å². The van der Waals surface area contributed by atoms with Gasteiger partial charge in [0.15, 0.2) is 0 Å². The Balaban J connectivity index is 2.41. The van der Waals surface area contributed by atoms with Crippen molar-refractivity contribution in [2.24, 2.45) is 5.73 Å². The van der Waals surface area contributed by atoms with Crippen molar-refractivity contribution in [3.05, 3.63) is 0 Å². The SMILES string of the molecule is CC(C)(S)C(CN1CCCCC1)NCCN. The number of rotatable bonds is 6. The Hall–Kier alpha value is 0.230. The average Bonchev–Trinajstić information content (AvgIpc) is 2.24. The number of piperidine rings is 1. The molecule has 1 atom stereocenters. The van der Waals surface area contributed by atoms with Gasteiger partial charge in [0.25, 0.3) is 0 Å². The molecule has 0 aromatic rings. The lowest BCUT2D eigenvalue weighted by atomic mass is 10.0. The van der Waals surface area contributed by atoms with Gasteiger partial charge in [-0.25, -0.2) is 0 Å². The smallest absolute Gasteiger partial charge is 0.0335 e. The highest BCUT2D eigenvalue weighted by Crippen LogP contribution is 2.20. The van der Waals surface area contributed by atoms with E-state index in [4.69, 9.17) is 18.4 Å². The van der Waals surface area contributed by atoms with Gasteiger partial charge in [-0.1, -0.05) is 6.42 Å². The molecule has 0 amide bonds. The molecule has 0 radical (unpaired) electrons. The van der Waals surface area contributed by atoms with Crippen LogP contribution in [0, 0.1) is 0 Å². The van der Waals surface area contributed by atoms with Crippen LogP contribution in [-0.4, -0.2) is 48.4 Å². The minimum absolute atomic E-state index is 0.00656. The van der Waals surface area contributed by atoms with E-state index in [0.29, 0.717) is 12.6 Å². The molecule has 0 aromatic heterocycles. The number of hydrogen-bond donors (Lipinski definition) is 3. The molecule has 1 rings (SSSR count). The first-order valence-corrected chi connectivity index (χ1v) is 6.87. The molecule has 1 saturated heterocycles. The molecule has 1 fully saturated rings. The second-order valence-corrected chi connectivity index (χ2v) is 6.46. The molecule has 1 aliphatic rings. The van der Waals surface area contributed by atoms with Crippen LogP contribution in [0.1, 0.15) is 33.1 Å². The number of nitrogens with one attached hydrogen (secondary N) is 1. The van der Waals surface area contributed by atoms with E-state index in [2.05, 4.69) is 24.1 Å². The van der Waals surface area contributed by atoms with E-state index in [9.17, 15) is 0 Å². The molecule has 1 heterocycles. The van der Waals surface area contributed by atoms with E-state index in [1.807, 2.05) is 0 Å². The third-order valence-electron chi connectivity index (χ3n) is 3.28. The summed E-state index contributed by atoms with van der Waals surface area (Å²) in [7, 11) is 0. The standard InChI is InChI=1S/C12H27N3S/c1-12(2,16)11(14-7-6-13)10-15-8-4-3-5-9-15/h11,14,16H,3-10,13H2,1-2H3. The fourth-order valence-electron chi connectivity index (χ4n) is 2.20. The highest BCUT2D eigenvalue weighted by Gasteiger charge is 2.27. The van der Waals surface area contributed by atoms with Gasteiger partial charge in [-0.3, -0.25) is 0 Å². The fourth-order valence-corrected chi connectivity index (χ4v) is 2.37. The minimum atomic E-state index is 0.00656. The predicted molar refractivity (Wildman–Crippen MR) is 74.2 cm³/mol. The van der Waals surface area contributed by atoms with Gasteiger partial charge < -0.3 is 16.0 Å². The average molecular weight is 245 g/mol. The molecule has 4 heteroatoms. The molecule has 0 bridgehead atoms. The van der Waals surface area contributed by atoms with Crippen LogP contribution in [0.15, 0.2) is 0 Å². The molecule has 1 unspecified atom stereocenters. The molecular weight excluding hydrogens is 218 g/mol. The van der Waals surface area contributed by atoms with Crippen molar-refractivity contribution in [2.45, 2.75) is 43.9 Å². The zero-order chi connectivity index (χ0) is 12.0. The van der Waals surface area contributed by atoms with E-state index in [1.165, 1.54) is 32.4 Å². The molecule has 16 heavy (non-hydrogen) atoms. The Kier molecular flexibility index (Phi) is 6.11. The monoisotopic (exact) mass is 245 g/mol. The fraction of sp³-hybridized carbons (Fsp3) is 1.00. The summed E-state index contributed by atoms with van der Waals surface area (Å²) in [5.74, 6) is 0. The maximum absolute atomic E-state index is 5.55. The summed E-state index contributed by atoms with van der Waals surface area (Å²) in [4.78, 5) is 2.55. The Morgan fingerprint density at radius 3 is 2.44 bits per heavy atom. The molecule has 0 aliphatic carbocycles. The van der Waals surface area contributed by atoms with E-state index < -0.39 is 0 Å². The maximum atomic E-state index is 5.55. The zero-order valence-corrected chi connectivity index (χ0v) is 11.6. The van der Waals surface area contributed by atoms with E-state index in [0.717, 1.165) is 13.1 Å². The summed E-state index contributed by atoms with van der Waals surface area (Å²) < 4.78 is 0.00656. The third-order valence-corrected chi connectivity index (χ3v) is 3.59. The lowest BCUT2D eigenvalue weighted by Gasteiger charge is -2.37. The van der Waals surface area contributed by atoms with Crippen LogP contribution >= 0.6 is 12.6 Å². The van der Waals surface area contributed by atoms with Gasteiger partial charge in [0.1, 0.15) is 0 Å². The molecule has 3 nitrogen and oxygen atoms in total. The van der Waals surface area contributed by atoms with E-state index in [-0.39, 0.29) is 4.75 Å². The van der Waals surface area contributed by atoms with Gasteiger partial charge in [-0.15, -0.1) is 0 Å². The molecule has 0 saturated carbocycles. The van der Waals surface area contributed by atoms with Crippen molar-refractivity contribution in [1.29, 1.82) is 0 Å². The largest absolute Gasteiger partial charge is 0.329 e. The lowest BCUT2D eigenvalue weighted by Crippen LogP contribution is -2.52. The Morgan fingerprint density at radius 2 is 1.94 bits per heavy atom. The van der Waals surface area contributed by atoms with Crippen molar-refractivity contribution in [3.63, 3.8) is 0 Å². The van der Waals surface area contributed by atoms with Crippen LogP contribution in [0.2, 0.25) is 0 Å². The van der Waals surface area contributed by atoms with Gasteiger partial charge >= 0.3 is 0 Å². The van der Waals surface area contributed by atoms with Gasteiger partial charge in [-0.2, -0.15) is 12.6 Å². The first-order chi connectivity index (χ1) is 7.54. The summed E-state index contributed by atoms with van der Waals surface area (Å²) >= 11 is 4.69. The van der Waals surface area contributed by atoms with Crippen LogP contribution in [0.3, 0.4) is 0 Å². The Labute approximate surface area is 106 Å². The van der Waals surface area contributed by atoms with Crippen molar-refractivity contribution in [3.8, 4) is 0 Å². The van der Waals surface area contributed by atoms with Gasteiger partial charge in [0.05, 0.1) is 0 Å². The zero-order valence-electron chi connectivity index (χ0n) is 10.7. The second-order valence-electron chi connectivity index (χ2n) is 5.31. The van der Waals surface area contributed by atoms with Crippen LogP contribution in [-0.2, 0) is 0 Å². The molecule has 96 valence electrons. The Morgan fingerprint density at radius 1 is 1.31 bits per heavy atom. The summed E-state index contributed by atoms with van der Waals surface area (Å²) in [6, 6.07) is 0.414. The van der Waals surface area contributed by atoms with Gasteiger partial charge in [-0.05, 0) is 39.8 Å². The summed E-state index contributed by atoms with van der Waals surface area (Å²) in [6.45, 7) is 9.50. The predicted octanol–water partition coefficient (Wildman–Crippen LogP) is 1.10. The normalized spacial score (nSPS) is 21.0. The van der Waals surface area contributed by atoms with Crippen LogP contribution in [0.5, 0.6) is 0 Å². The maximum Gasteiger partial charge on any atom is 0.0335 e. The number of nitrogens with zero attached hydrogens (tertiary/aromatic N) is 1. The summed E-state index contributed by atoms with van der Waals surface area (Å²) in [5.41, 5.74) is 5.55. The second kappa shape index (κ2) is 6.84. The number of hydrogen-bond acceptors (Lipinski definition) is 4. The third kappa shape index (κ3) is 5.04. The lowest BCUT2D eigenvalue weighted by molar-refractivity contribution is 0.194. The topological polar surface area (TPSA) is 41.3 Å². The highest BCUT2D eigenvalue weighted by molar-refractivity contribution is 7.81. The number of nitrogens with two attached hydrogens (primary N) is 1. The summed E-state index contributed by atoms with van der Waals surface area (Å²) in [5, 5.41) is 3.51. The van der Waals surface area contributed by atoms with Crippen molar-refractivity contribution >= 4 is 12.6 Å². The molecule has 0 aromatic carbocycles. The quantitative estimate of drug-likeness (QED) is 0.614. The van der Waals surface area contributed by atoms with Crippen molar-refractivity contribution < 1.29 is 0 Å². The number of thiol groups is 1. The highest BCUT2D eigenvalue weighted by atomic mass is 32.1.